The molecule has 1 aromatic carbocycles. The van der Waals surface area contributed by atoms with Crippen molar-refractivity contribution in [3.63, 3.8) is 0 Å². The number of nitrogens with zero attached hydrogens (tertiary/aromatic N) is 1. The second-order valence-corrected chi connectivity index (χ2v) is 4.28. The Morgan fingerprint density at radius 1 is 1.60 bits per heavy atom. The molecule has 0 fully saturated rings. The summed E-state index contributed by atoms with van der Waals surface area (Å²) < 4.78 is 13.5. The third kappa shape index (κ3) is 3.18. The fraction of sp³-hybridized carbons (Fsp3) is 0.300. The standard InChI is InChI=1S/C10H10BrClFNO/c1-14(5-4-12)10(15)7-2-3-8(11)9(13)6-7/h2-3,6H,4-5H2,1H3. The Labute approximate surface area is 101 Å². The first-order chi connectivity index (χ1) is 7.06. The van der Waals surface area contributed by atoms with Crippen LogP contribution in [0.1, 0.15) is 10.4 Å². The Bertz CT molecular complexity index is 372. The van der Waals surface area contributed by atoms with Crippen LogP contribution in [-0.2, 0) is 0 Å². The monoisotopic (exact) mass is 293 g/mol. The molecule has 0 aliphatic rings. The minimum absolute atomic E-state index is 0.234. The molecule has 0 bridgehead atoms. The molecule has 82 valence electrons. The smallest absolute Gasteiger partial charge is 0.253 e. The molecule has 0 radical (unpaired) electrons. The number of amides is 1. The van der Waals surface area contributed by atoms with Crippen LogP contribution in [0.4, 0.5) is 4.39 Å². The molecule has 1 rings (SSSR count). The van der Waals surface area contributed by atoms with Crippen LogP contribution in [0.5, 0.6) is 0 Å². The van der Waals surface area contributed by atoms with Gasteiger partial charge in [-0.25, -0.2) is 4.39 Å². The van der Waals surface area contributed by atoms with Crippen LogP contribution in [-0.4, -0.2) is 30.3 Å². The zero-order chi connectivity index (χ0) is 11.4. The molecule has 0 N–H and O–H groups in total. The summed E-state index contributed by atoms with van der Waals surface area (Å²) in [6.45, 7) is 0.443. The average molecular weight is 295 g/mol. The molecule has 2 nitrogen and oxygen atoms in total. The number of benzene rings is 1. The molecule has 0 heterocycles. The quantitative estimate of drug-likeness (QED) is 0.785. The number of rotatable bonds is 3. The first kappa shape index (κ1) is 12.5. The first-order valence-electron chi connectivity index (χ1n) is 4.32. The number of carbonyl (C=O) groups excluding carboxylic acids is 1. The number of hydrogen-bond acceptors (Lipinski definition) is 1. The molecule has 1 aromatic rings. The highest BCUT2D eigenvalue weighted by Gasteiger charge is 2.12. The summed E-state index contributed by atoms with van der Waals surface area (Å²) in [5.41, 5.74) is 0.323. The van der Waals surface area contributed by atoms with E-state index in [0.717, 1.165) is 0 Å². The lowest BCUT2D eigenvalue weighted by Gasteiger charge is -2.15. The molecule has 0 spiro atoms. The summed E-state index contributed by atoms with van der Waals surface area (Å²) in [5.74, 6) is -0.316. The minimum Gasteiger partial charge on any atom is -0.341 e. The largest absolute Gasteiger partial charge is 0.341 e. The predicted octanol–water partition coefficient (Wildman–Crippen LogP) is 2.90. The maximum absolute atomic E-state index is 13.1. The zero-order valence-corrected chi connectivity index (χ0v) is 10.5. The highest BCUT2D eigenvalue weighted by atomic mass is 79.9. The minimum atomic E-state index is -0.444. The van der Waals surface area contributed by atoms with Crippen LogP contribution in [0.2, 0.25) is 0 Å². The van der Waals surface area contributed by atoms with Crippen molar-refractivity contribution < 1.29 is 9.18 Å². The van der Waals surface area contributed by atoms with Gasteiger partial charge in [0.15, 0.2) is 0 Å². The van der Waals surface area contributed by atoms with E-state index >= 15 is 0 Å². The molecular formula is C10H10BrClFNO. The molecule has 1 amide bonds. The molecule has 0 atom stereocenters. The van der Waals surface area contributed by atoms with Gasteiger partial charge in [0.05, 0.1) is 4.47 Å². The number of halogens is 3. The van der Waals surface area contributed by atoms with E-state index in [0.29, 0.717) is 22.5 Å². The summed E-state index contributed by atoms with van der Waals surface area (Å²) in [4.78, 5) is 13.1. The Kier molecular flexibility index (Phi) is 4.54. The van der Waals surface area contributed by atoms with Gasteiger partial charge in [0.2, 0.25) is 0 Å². The maximum atomic E-state index is 13.1. The third-order valence-electron chi connectivity index (χ3n) is 1.93. The van der Waals surface area contributed by atoms with Crippen LogP contribution in [0.15, 0.2) is 22.7 Å². The van der Waals surface area contributed by atoms with E-state index in [1.165, 1.54) is 17.0 Å². The van der Waals surface area contributed by atoms with Crippen molar-refractivity contribution in [2.45, 2.75) is 0 Å². The van der Waals surface area contributed by atoms with Gasteiger partial charge in [-0.1, -0.05) is 0 Å². The molecule has 15 heavy (non-hydrogen) atoms. The van der Waals surface area contributed by atoms with Crippen molar-refractivity contribution in [2.24, 2.45) is 0 Å². The molecule has 5 heteroatoms. The molecule has 0 saturated heterocycles. The van der Waals surface area contributed by atoms with Crippen LogP contribution >= 0.6 is 27.5 Å². The van der Waals surface area contributed by atoms with E-state index < -0.39 is 5.82 Å². The van der Waals surface area contributed by atoms with Crippen LogP contribution < -0.4 is 0 Å². The van der Waals surface area contributed by atoms with Crippen molar-refractivity contribution in [3.8, 4) is 0 Å². The summed E-state index contributed by atoms with van der Waals surface area (Å²) in [6, 6.07) is 4.29. The fourth-order valence-electron chi connectivity index (χ4n) is 1.08. The van der Waals surface area contributed by atoms with Gasteiger partial charge in [0.25, 0.3) is 5.91 Å². The van der Waals surface area contributed by atoms with Crippen LogP contribution in [0.25, 0.3) is 0 Å². The zero-order valence-electron chi connectivity index (χ0n) is 8.14. The Morgan fingerprint density at radius 2 is 2.27 bits per heavy atom. The van der Waals surface area contributed by atoms with Gasteiger partial charge in [-0.15, -0.1) is 11.6 Å². The molecule has 0 aliphatic carbocycles. The topological polar surface area (TPSA) is 20.3 Å². The van der Waals surface area contributed by atoms with Crippen molar-refractivity contribution in [2.75, 3.05) is 19.5 Å². The Hall–Kier alpha value is -0.610. The van der Waals surface area contributed by atoms with Crippen molar-refractivity contribution in [1.82, 2.24) is 4.90 Å². The van der Waals surface area contributed by atoms with E-state index in [9.17, 15) is 9.18 Å². The first-order valence-corrected chi connectivity index (χ1v) is 5.65. The normalized spacial score (nSPS) is 10.1. The number of carbonyl (C=O) groups is 1. The van der Waals surface area contributed by atoms with Crippen LogP contribution in [0, 0.1) is 5.82 Å². The van der Waals surface area contributed by atoms with Gasteiger partial charge >= 0.3 is 0 Å². The molecule has 0 aromatic heterocycles. The van der Waals surface area contributed by atoms with Gasteiger partial charge in [0.1, 0.15) is 5.82 Å². The predicted molar refractivity (Wildman–Crippen MR) is 61.8 cm³/mol. The van der Waals surface area contributed by atoms with Crippen molar-refractivity contribution in [3.05, 3.63) is 34.1 Å². The van der Waals surface area contributed by atoms with Gasteiger partial charge in [0, 0.05) is 25.0 Å². The summed E-state index contributed by atoms with van der Waals surface area (Å²) >= 11 is 8.53. The molecule has 0 unspecified atom stereocenters. The van der Waals surface area contributed by atoms with E-state index in [4.69, 9.17) is 11.6 Å². The highest BCUT2D eigenvalue weighted by Crippen LogP contribution is 2.17. The second-order valence-electron chi connectivity index (χ2n) is 3.04. The van der Waals surface area contributed by atoms with Gasteiger partial charge in [-0.3, -0.25) is 4.79 Å². The SMILES string of the molecule is CN(CCCl)C(=O)c1ccc(Br)c(F)c1. The fourth-order valence-corrected chi connectivity index (χ4v) is 1.58. The summed E-state index contributed by atoms with van der Waals surface area (Å²) in [7, 11) is 1.63. The number of alkyl halides is 1. The van der Waals surface area contributed by atoms with Gasteiger partial charge < -0.3 is 4.90 Å². The molecular weight excluding hydrogens is 284 g/mol. The lowest BCUT2D eigenvalue weighted by atomic mass is 10.2. The Morgan fingerprint density at radius 3 is 2.80 bits per heavy atom. The molecule has 0 aliphatic heterocycles. The highest BCUT2D eigenvalue weighted by molar-refractivity contribution is 9.10. The van der Waals surface area contributed by atoms with Crippen molar-refractivity contribution in [1.29, 1.82) is 0 Å². The van der Waals surface area contributed by atoms with E-state index in [1.54, 1.807) is 13.1 Å². The maximum Gasteiger partial charge on any atom is 0.253 e. The lowest BCUT2D eigenvalue weighted by molar-refractivity contribution is 0.0803. The van der Waals surface area contributed by atoms with Gasteiger partial charge in [-0.2, -0.15) is 0 Å². The van der Waals surface area contributed by atoms with E-state index in [2.05, 4.69) is 15.9 Å². The van der Waals surface area contributed by atoms with Crippen LogP contribution in [0.3, 0.4) is 0 Å². The molecule has 0 saturated carbocycles. The van der Waals surface area contributed by atoms with E-state index in [1.807, 2.05) is 0 Å². The lowest BCUT2D eigenvalue weighted by Crippen LogP contribution is -2.28. The summed E-state index contributed by atoms with van der Waals surface area (Å²) in [5, 5.41) is 0. The Balaban J connectivity index is 2.87. The third-order valence-corrected chi connectivity index (χ3v) is 2.75. The second kappa shape index (κ2) is 5.47. The van der Waals surface area contributed by atoms with Gasteiger partial charge in [-0.05, 0) is 34.1 Å². The summed E-state index contributed by atoms with van der Waals surface area (Å²) in [6.07, 6.45) is 0. The average Bonchev–Trinajstić information content (AvgIpc) is 2.21. The number of hydrogen-bond donors (Lipinski definition) is 0. The van der Waals surface area contributed by atoms with E-state index in [-0.39, 0.29) is 5.91 Å². The van der Waals surface area contributed by atoms with Crippen molar-refractivity contribution >= 4 is 33.4 Å².